The molecule has 12 heteroatoms. The lowest BCUT2D eigenvalue weighted by Crippen LogP contribution is -2.56. The fraction of sp³-hybridized carbons (Fsp3) is 0.622. The maximum Gasteiger partial charge on any atom is 0.410 e. The number of rotatable bonds is 14. The zero-order valence-corrected chi connectivity index (χ0v) is 30.6. The number of amides is 3. The molecule has 1 aliphatic carbocycles. The number of thiazole rings is 1. The molecular weight excluding hydrogens is 644 g/mol. The van der Waals surface area contributed by atoms with E-state index in [1.54, 1.807) is 64.3 Å². The lowest BCUT2D eigenvalue weighted by atomic mass is 9.83. The molecule has 268 valence electrons. The van der Waals surface area contributed by atoms with E-state index in [1.165, 1.54) is 23.3 Å². The smallest absolute Gasteiger partial charge is 0.410 e. The summed E-state index contributed by atoms with van der Waals surface area (Å²) in [7, 11) is 1.52. The summed E-state index contributed by atoms with van der Waals surface area (Å²) in [6.45, 7) is 9.51. The summed E-state index contributed by atoms with van der Waals surface area (Å²) in [4.78, 5) is 72.9. The van der Waals surface area contributed by atoms with Crippen LogP contribution in [0.4, 0.5) is 4.79 Å². The Labute approximate surface area is 294 Å². The van der Waals surface area contributed by atoms with E-state index in [4.69, 9.17) is 14.5 Å². The van der Waals surface area contributed by atoms with Crippen molar-refractivity contribution in [2.45, 2.75) is 123 Å². The van der Waals surface area contributed by atoms with E-state index in [0.29, 0.717) is 48.0 Å². The number of nitrogens with zero attached hydrogens (tertiary/aromatic N) is 3. The van der Waals surface area contributed by atoms with Gasteiger partial charge in [-0.1, -0.05) is 31.4 Å². The van der Waals surface area contributed by atoms with Crippen LogP contribution in [0.1, 0.15) is 126 Å². The lowest BCUT2D eigenvalue weighted by Gasteiger charge is -2.36. The molecule has 0 radical (unpaired) electrons. The first-order valence-corrected chi connectivity index (χ1v) is 18.4. The number of Topliss-reactive ketones (excluding diaryl/α,β-unsaturated/α-hetero) is 1. The number of hydrogen-bond acceptors (Lipinski definition) is 9. The number of unbranched alkanes of at least 4 members (excludes halogenated alkanes) is 1. The maximum absolute atomic E-state index is 14.3. The Morgan fingerprint density at radius 3 is 2.49 bits per heavy atom. The normalized spacial score (nSPS) is 18.0. The van der Waals surface area contributed by atoms with Crippen molar-refractivity contribution in [2.24, 2.45) is 5.92 Å². The number of ketones is 2. The number of carbonyl (C=O) groups is 5. The minimum atomic E-state index is -0.841. The average molecular weight is 697 g/mol. The molecule has 3 atom stereocenters. The van der Waals surface area contributed by atoms with Gasteiger partial charge in [0.05, 0.1) is 12.6 Å². The zero-order chi connectivity index (χ0) is 35.7. The topological polar surface area (TPSA) is 135 Å². The van der Waals surface area contributed by atoms with Gasteiger partial charge >= 0.3 is 6.09 Å². The molecule has 1 aliphatic heterocycles. The van der Waals surface area contributed by atoms with Crippen LogP contribution in [0, 0.1) is 5.92 Å². The van der Waals surface area contributed by atoms with E-state index in [0.717, 1.165) is 51.4 Å². The van der Waals surface area contributed by atoms with E-state index in [1.807, 2.05) is 4.90 Å². The quantitative estimate of drug-likeness (QED) is 0.175. The Hall–Kier alpha value is -3.80. The highest BCUT2D eigenvalue weighted by atomic mass is 32.1. The summed E-state index contributed by atoms with van der Waals surface area (Å²) < 4.78 is 11.3. The first kappa shape index (κ1) is 38.0. The highest BCUT2D eigenvalue weighted by molar-refractivity contribution is 7.10. The van der Waals surface area contributed by atoms with Gasteiger partial charge in [0.2, 0.25) is 17.6 Å². The van der Waals surface area contributed by atoms with Crippen LogP contribution in [-0.4, -0.2) is 82.1 Å². The molecule has 0 unspecified atom stereocenters. The number of carbonyl (C=O) groups excluding carboxylic acids is 5. The molecule has 1 N–H and O–H groups in total. The number of likely N-dealkylation sites (N-methyl/N-ethyl adjacent to an activating group) is 1. The summed E-state index contributed by atoms with van der Waals surface area (Å²) in [5, 5.41) is 5.46. The second-order valence-electron chi connectivity index (χ2n) is 14.3. The minimum Gasteiger partial charge on any atom is -0.494 e. The van der Waals surface area contributed by atoms with Crippen LogP contribution in [0.2, 0.25) is 0 Å². The van der Waals surface area contributed by atoms with Crippen LogP contribution >= 0.6 is 11.3 Å². The summed E-state index contributed by atoms with van der Waals surface area (Å²) in [5.74, 6) is -0.0491. The number of ether oxygens (including phenoxy) is 2. The number of hydrogen-bond donors (Lipinski definition) is 1. The van der Waals surface area contributed by atoms with Gasteiger partial charge in [0, 0.05) is 31.0 Å². The van der Waals surface area contributed by atoms with Crippen molar-refractivity contribution in [3.8, 4) is 5.75 Å². The van der Waals surface area contributed by atoms with Crippen molar-refractivity contribution in [3.63, 3.8) is 0 Å². The van der Waals surface area contributed by atoms with Crippen molar-refractivity contribution in [3.05, 3.63) is 45.9 Å². The van der Waals surface area contributed by atoms with Crippen molar-refractivity contribution in [2.75, 3.05) is 20.2 Å². The van der Waals surface area contributed by atoms with Crippen molar-refractivity contribution in [1.29, 1.82) is 0 Å². The van der Waals surface area contributed by atoms with Crippen LogP contribution in [-0.2, 0) is 19.1 Å². The molecule has 2 fully saturated rings. The Bertz CT molecular complexity index is 1480. The van der Waals surface area contributed by atoms with Gasteiger partial charge in [-0.3, -0.25) is 19.3 Å². The summed E-state index contributed by atoms with van der Waals surface area (Å²) in [5.41, 5.74) is 0.0703. The molecule has 2 aliphatic rings. The first-order valence-electron chi connectivity index (χ1n) is 17.5. The fourth-order valence-electron chi connectivity index (χ4n) is 6.34. The first-order chi connectivity index (χ1) is 23.2. The molecule has 0 bridgehead atoms. The SMILES string of the molecule is CC(=O)CCCCOc1cccc(C(=O)c2csc([C@@H]3CCCN3C(=O)[C@@H](NC(=O)[C@H](C)N(C)C(=O)OC(C)(C)C)C3CCCCC3)n2)c1. The zero-order valence-electron chi connectivity index (χ0n) is 29.8. The molecule has 3 amide bonds. The summed E-state index contributed by atoms with van der Waals surface area (Å²) >= 11 is 1.36. The molecule has 0 spiro atoms. The van der Waals surface area contributed by atoms with Crippen molar-refractivity contribution >= 4 is 40.8 Å². The third kappa shape index (κ3) is 10.6. The Morgan fingerprint density at radius 2 is 1.80 bits per heavy atom. The van der Waals surface area contributed by atoms with Gasteiger partial charge in [0.1, 0.15) is 39.9 Å². The van der Waals surface area contributed by atoms with E-state index < -0.39 is 29.7 Å². The predicted molar refractivity (Wildman–Crippen MR) is 188 cm³/mol. The van der Waals surface area contributed by atoms with E-state index >= 15 is 0 Å². The number of benzene rings is 1. The van der Waals surface area contributed by atoms with Gasteiger partial charge in [-0.2, -0.15) is 0 Å². The monoisotopic (exact) mass is 696 g/mol. The van der Waals surface area contributed by atoms with E-state index in [9.17, 15) is 24.0 Å². The molecule has 11 nitrogen and oxygen atoms in total. The number of nitrogens with one attached hydrogen (secondary N) is 1. The van der Waals surface area contributed by atoms with Crippen LogP contribution in [0.25, 0.3) is 0 Å². The fourth-order valence-corrected chi connectivity index (χ4v) is 7.29. The third-order valence-corrected chi connectivity index (χ3v) is 10.1. The standard InChI is InChI=1S/C37H52N4O7S/c1-24(42)14-10-11-21-47-28-18-12-17-27(22-28)32(43)29-23-49-34(38-29)30-19-13-20-41(30)35(45)31(26-15-8-7-9-16-26)39-33(44)25(2)40(6)36(46)48-37(3,4)5/h12,17-18,22-23,25-26,30-31H,7-11,13-16,19-21H2,1-6H3,(H,39,44)/t25-,30-,31-/m0/s1. The summed E-state index contributed by atoms with van der Waals surface area (Å²) in [6.07, 6.45) is 7.68. The van der Waals surface area contributed by atoms with Gasteiger partial charge < -0.3 is 24.5 Å². The molecule has 1 saturated carbocycles. The van der Waals surface area contributed by atoms with Gasteiger partial charge in [0.25, 0.3) is 0 Å². The van der Waals surface area contributed by atoms with Gasteiger partial charge in [-0.25, -0.2) is 9.78 Å². The van der Waals surface area contributed by atoms with Gasteiger partial charge in [0.15, 0.2) is 0 Å². The predicted octanol–water partition coefficient (Wildman–Crippen LogP) is 6.50. The van der Waals surface area contributed by atoms with Crippen molar-refractivity contribution in [1.82, 2.24) is 20.1 Å². The average Bonchev–Trinajstić information content (AvgIpc) is 3.76. The minimum absolute atomic E-state index is 0.0115. The molecule has 49 heavy (non-hydrogen) atoms. The Kier molecular flexibility index (Phi) is 13.4. The largest absolute Gasteiger partial charge is 0.494 e. The molecule has 1 aromatic heterocycles. The van der Waals surface area contributed by atoms with E-state index in [-0.39, 0.29) is 29.4 Å². The van der Waals surface area contributed by atoms with Crippen molar-refractivity contribution < 1.29 is 33.4 Å². The third-order valence-electron chi connectivity index (χ3n) is 9.19. The lowest BCUT2D eigenvalue weighted by molar-refractivity contribution is -0.140. The van der Waals surface area contributed by atoms with Gasteiger partial charge in [-0.05, 0) is 91.2 Å². The summed E-state index contributed by atoms with van der Waals surface area (Å²) in [6, 6.07) is 5.14. The van der Waals surface area contributed by atoms with Crippen LogP contribution in [0.3, 0.4) is 0 Å². The second-order valence-corrected chi connectivity index (χ2v) is 15.2. The molecule has 1 saturated heterocycles. The molecule has 1 aromatic carbocycles. The highest BCUT2D eigenvalue weighted by Crippen LogP contribution is 2.37. The molecule has 2 heterocycles. The van der Waals surface area contributed by atoms with Gasteiger partial charge in [-0.15, -0.1) is 11.3 Å². The Balaban J connectivity index is 1.45. The molecule has 4 rings (SSSR count). The van der Waals surface area contributed by atoms with Crippen LogP contribution in [0.5, 0.6) is 5.75 Å². The number of likely N-dealkylation sites (tertiary alicyclic amines) is 1. The second kappa shape index (κ2) is 17.2. The number of aromatic nitrogens is 1. The maximum atomic E-state index is 14.3. The van der Waals surface area contributed by atoms with Crippen LogP contribution < -0.4 is 10.1 Å². The van der Waals surface area contributed by atoms with Crippen LogP contribution in [0.15, 0.2) is 29.6 Å². The van der Waals surface area contributed by atoms with E-state index in [2.05, 4.69) is 5.32 Å². The highest BCUT2D eigenvalue weighted by Gasteiger charge is 2.41. The molecule has 2 aromatic rings. The molecular formula is C37H52N4O7S. The Morgan fingerprint density at radius 1 is 1.06 bits per heavy atom.